The normalized spacial score (nSPS) is 11.1. The number of aryl methyl sites for hydroxylation is 4. The first kappa shape index (κ1) is 36.1. The van der Waals surface area contributed by atoms with Gasteiger partial charge in [-0.25, -0.2) is 0 Å². The lowest BCUT2D eigenvalue weighted by molar-refractivity contribution is 1.24. The molecule has 8 aromatic carbocycles. The monoisotopic (exact) mass is 722 g/mol. The molecule has 0 amide bonds. The molecule has 0 aliphatic carbocycles. The summed E-state index contributed by atoms with van der Waals surface area (Å²) in [5.74, 6) is 0. The van der Waals surface area contributed by atoms with E-state index in [0.717, 1.165) is 22.7 Å². The minimum Gasteiger partial charge on any atom is -0.310 e. The van der Waals surface area contributed by atoms with Crippen molar-refractivity contribution in [1.29, 1.82) is 0 Å². The molecule has 0 saturated carbocycles. The van der Waals surface area contributed by atoms with E-state index >= 15 is 0 Å². The number of anilines is 6. The third kappa shape index (κ3) is 7.97. The molecule has 0 atom stereocenters. The van der Waals surface area contributed by atoms with Crippen molar-refractivity contribution in [3.8, 4) is 22.3 Å². The van der Waals surface area contributed by atoms with E-state index in [1.54, 1.807) is 0 Å². The van der Waals surface area contributed by atoms with Gasteiger partial charge < -0.3 is 9.80 Å². The van der Waals surface area contributed by atoms with Crippen LogP contribution in [0.5, 0.6) is 0 Å². The third-order valence-electron chi connectivity index (χ3n) is 10.4. The fourth-order valence-electron chi connectivity index (χ4n) is 7.39. The quantitative estimate of drug-likeness (QED) is 0.130. The lowest BCUT2D eigenvalue weighted by Gasteiger charge is -2.27. The van der Waals surface area contributed by atoms with Crippen LogP contribution in [0.15, 0.2) is 194 Å². The zero-order chi connectivity index (χ0) is 38.4. The van der Waals surface area contributed by atoms with E-state index < -0.39 is 0 Å². The molecule has 2 heteroatoms. The Bertz CT molecular complexity index is 2410. The van der Waals surface area contributed by atoms with Crippen molar-refractivity contribution < 1.29 is 0 Å². The van der Waals surface area contributed by atoms with Crippen LogP contribution in [0.3, 0.4) is 0 Å². The van der Waals surface area contributed by atoms with Gasteiger partial charge in [-0.1, -0.05) is 146 Å². The molecule has 0 bridgehead atoms. The molecule has 8 rings (SSSR count). The van der Waals surface area contributed by atoms with E-state index in [1.807, 2.05) is 0 Å². The summed E-state index contributed by atoms with van der Waals surface area (Å²) in [5.41, 5.74) is 19.0. The van der Waals surface area contributed by atoms with E-state index in [0.29, 0.717) is 0 Å². The van der Waals surface area contributed by atoms with Gasteiger partial charge >= 0.3 is 0 Å². The molecule has 0 fully saturated rings. The summed E-state index contributed by atoms with van der Waals surface area (Å²) in [4.78, 5) is 4.69. The maximum absolute atomic E-state index is 2.34. The Morgan fingerprint density at radius 2 is 0.643 bits per heavy atom. The van der Waals surface area contributed by atoms with Gasteiger partial charge in [0.15, 0.2) is 0 Å². The summed E-state index contributed by atoms with van der Waals surface area (Å²) in [7, 11) is 0. The molecule has 272 valence electrons. The van der Waals surface area contributed by atoms with E-state index in [1.165, 1.54) is 67.0 Å². The molecule has 0 saturated heterocycles. The summed E-state index contributed by atoms with van der Waals surface area (Å²) in [6, 6.07) is 69.9. The highest BCUT2D eigenvalue weighted by atomic mass is 15.1. The molecule has 0 N–H and O–H groups in total. The van der Waals surface area contributed by atoms with Gasteiger partial charge in [0.2, 0.25) is 0 Å². The van der Waals surface area contributed by atoms with Gasteiger partial charge in [0.25, 0.3) is 0 Å². The number of hydrogen-bond acceptors (Lipinski definition) is 2. The first-order valence-electron chi connectivity index (χ1n) is 19.3. The van der Waals surface area contributed by atoms with Crippen molar-refractivity contribution >= 4 is 46.3 Å². The highest BCUT2D eigenvalue weighted by Gasteiger charge is 2.16. The Morgan fingerprint density at radius 1 is 0.304 bits per heavy atom. The van der Waals surface area contributed by atoms with E-state index in [-0.39, 0.29) is 0 Å². The van der Waals surface area contributed by atoms with Gasteiger partial charge in [-0.2, -0.15) is 0 Å². The Kier molecular flexibility index (Phi) is 10.5. The van der Waals surface area contributed by atoms with E-state index in [9.17, 15) is 0 Å². The van der Waals surface area contributed by atoms with Gasteiger partial charge in [-0.15, -0.1) is 0 Å². The van der Waals surface area contributed by atoms with Gasteiger partial charge in [0.1, 0.15) is 0 Å². The Hall–Kier alpha value is -6.90. The topological polar surface area (TPSA) is 6.48 Å². The Labute approximate surface area is 332 Å². The minimum atomic E-state index is 1.14. The number of benzene rings is 8. The fourth-order valence-corrected chi connectivity index (χ4v) is 7.39. The van der Waals surface area contributed by atoms with Crippen LogP contribution in [0.4, 0.5) is 34.1 Å². The first-order chi connectivity index (χ1) is 27.4. The highest BCUT2D eigenvalue weighted by molar-refractivity contribution is 5.82. The van der Waals surface area contributed by atoms with Gasteiger partial charge in [0.05, 0.1) is 0 Å². The van der Waals surface area contributed by atoms with Crippen LogP contribution in [-0.4, -0.2) is 0 Å². The number of nitrogens with zero attached hydrogens (tertiary/aromatic N) is 2. The molecular formula is C54H46N2. The lowest BCUT2D eigenvalue weighted by atomic mass is 10.0. The van der Waals surface area contributed by atoms with Gasteiger partial charge in [0, 0.05) is 34.1 Å². The molecule has 0 spiro atoms. The van der Waals surface area contributed by atoms with Crippen molar-refractivity contribution in [2.75, 3.05) is 9.80 Å². The molecule has 0 aromatic heterocycles. The van der Waals surface area contributed by atoms with Crippen molar-refractivity contribution in [2.24, 2.45) is 0 Å². The molecule has 0 radical (unpaired) electrons. The first-order valence-corrected chi connectivity index (χ1v) is 19.3. The van der Waals surface area contributed by atoms with Crippen molar-refractivity contribution in [1.82, 2.24) is 0 Å². The zero-order valence-electron chi connectivity index (χ0n) is 32.5. The lowest BCUT2D eigenvalue weighted by Crippen LogP contribution is -2.11. The average molecular weight is 723 g/mol. The zero-order valence-corrected chi connectivity index (χ0v) is 32.5. The van der Waals surface area contributed by atoms with Crippen molar-refractivity contribution in [3.63, 3.8) is 0 Å². The van der Waals surface area contributed by atoms with Crippen LogP contribution in [0, 0.1) is 27.7 Å². The molecule has 0 unspecified atom stereocenters. The molecule has 2 nitrogen and oxygen atoms in total. The standard InChI is InChI=1S/C54H46N2/c1-39-11-9-15-51(37-39)55(53-17-7-5-13-41(53)3)49-33-29-47(30-34-49)45-25-21-43(22-26-45)19-20-44-23-27-46(28-24-44)48-31-35-50(36-32-48)56(52-16-10-12-40(2)38-52)54-18-8-6-14-42(54)4/h5-38H,1-4H3. The molecule has 56 heavy (non-hydrogen) atoms. The second kappa shape index (κ2) is 16.2. The maximum atomic E-state index is 2.34. The van der Waals surface area contributed by atoms with Gasteiger partial charge in [-0.05, 0) is 144 Å². The Balaban J connectivity index is 0.954. The van der Waals surface area contributed by atoms with Crippen LogP contribution >= 0.6 is 0 Å². The molecule has 0 aliphatic rings. The molecular weight excluding hydrogens is 677 g/mol. The predicted octanol–water partition coefficient (Wildman–Crippen LogP) is 15.4. The van der Waals surface area contributed by atoms with Crippen LogP contribution < -0.4 is 9.80 Å². The van der Waals surface area contributed by atoms with Crippen molar-refractivity contribution in [3.05, 3.63) is 228 Å². The van der Waals surface area contributed by atoms with Crippen LogP contribution in [0.2, 0.25) is 0 Å². The van der Waals surface area contributed by atoms with Crippen molar-refractivity contribution in [2.45, 2.75) is 27.7 Å². The minimum absolute atomic E-state index is 1.14. The van der Waals surface area contributed by atoms with E-state index in [4.69, 9.17) is 0 Å². The number of rotatable bonds is 10. The second-order valence-corrected chi connectivity index (χ2v) is 14.6. The maximum Gasteiger partial charge on any atom is 0.0490 e. The largest absolute Gasteiger partial charge is 0.310 e. The highest BCUT2D eigenvalue weighted by Crippen LogP contribution is 2.39. The van der Waals surface area contributed by atoms with Crippen LogP contribution in [0.25, 0.3) is 34.4 Å². The predicted molar refractivity (Wildman–Crippen MR) is 241 cm³/mol. The molecule has 8 aromatic rings. The SMILES string of the molecule is Cc1cccc(N(c2ccc(-c3ccc(C=Cc4ccc(-c5ccc(N(c6cccc(C)c6)c6ccccc6C)cc5)cc4)cc3)cc2)c2ccccc2C)c1. The molecule has 0 aliphatic heterocycles. The number of hydrogen-bond donors (Lipinski definition) is 0. The summed E-state index contributed by atoms with van der Waals surface area (Å²) >= 11 is 0. The smallest absolute Gasteiger partial charge is 0.0490 e. The summed E-state index contributed by atoms with van der Waals surface area (Å²) in [6.07, 6.45) is 4.37. The Morgan fingerprint density at radius 3 is 0.982 bits per heavy atom. The fraction of sp³-hybridized carbons (Fsp3) is 0.0741. The summed E-state index contributed by atoms with van der Waals surface area (Å²) in [6.45, 7) is 8.63. The van der Waals surface area contributed by atoms with E-state index in [2.05, 4.69) is 244 Å². The molecule has 0 heterocycles. The second-order valence-electron chi connectivity index (χ2n) is 14.6. The van der Waals surface area contributed by atoms with Crippen LogP contribution in [0.1, 0.15) is 33.4 Å². The van der Waals surface area contributed by atoms with Gasteiger partial charge in [-0.3, -0.25) is 0 Å². The summed E-state index contributed by atoms with van der Waals surface area (Å²) in [5, 5.41) is 0. The summed E-state index contributed by atoms with van der Waals surface area (Å²) < 4.78 is 0. The average Bonchev–Trinajstić information content (AvgIpc) is 3.23. The van der Waals surface area contributed by atoms with Crippen LogP contribution in [-0.2, 0) is 0 Å². The third-order valence-corrected chi connectivity index (χ3v) is 10.4. The number of para-hydroxylation sites is 2.